The van der Waals surface area contributed by atoms with Gasteiger partial charge in [-0.2, -0.15) is 0 Å². The fraction of sp³-hybridized carbons (Fsp3) is 0.621. The van der Waals surface area contributed by atoms with Crippen LogP contribution in [0.3, 0.4) is 0 Å². The minimum absolute atomic E-state index is 0.0197. The molecule has 1 N–H and O–H groups in total. The van der Waals surface area contributed by atoms with Crippen LogP contribution >= 0.6 is 0 Å². The lowest BCUT2D eigenvalue weighted by molar-refractivity contribution is -0.147. The number of ether oxygens (including phenoxy) is 6. The van der Waals surface area contributed by atoms with Crippen molar-refractivity contribution in [1.29, 1.82) is 0 Å². The van der Waals surface area contributed by atoms with Crippen molar-refractivity contribution in [1.82, 2.24) is 0 Å². The van der Waals surface area contributed by atoms with Crippen LogP contribution in [0.15, 0.2) is 35.9 Å². The molecule has 0 unspecified atom stereocenters. The van der Waals surface area contributed by atoms with Crippen molar-refractivity contribution >= 4 is 12.0 Å². The zero-order valence-corrected chi connectivity index (χ0v) is 22.4. The molecule has 4 rings (SSSR count). The van der Waals surface area contributed by atoms with Crippen molar-refractivity contribution in [2.24, 2.45) is 5.92 Å². The van der Waals surface area contributed by atoms with Gasteiger partial charge in [0.05, 0.1) is 50.8 Å². The number of allylic oxidation sites excluding steroid dienone is 1. The number of esters is 1. The van der Waals surface area contributed by atoms with Gasteiger partial charge in [0, 0.05) is 12.0 Å². The van der Waals surface area contributed by atoms with E-state index < -0.39 is 0 Å². The number of hydrogen-bond acceptors (Lipinski definition) is 8. The van der Waals surface area contributed by atoms with E-state index in [1.807, 2.05) is 6.07 Å². The largest absolute Gasteiger partial charge is 0.493 e. The highest BCUT2D eigenvalue weighted by Gasteiger charge is 2.68. The van der Waals surface area contributed by atoms with E-state index in [1.165, 1.54) is 11.6 Å². The third-order valence-electron chi connectivity index (χ3n) is 7.55. The van der Waals surface area contributed by atoms with Gasteiger partial charge in [0.2, 0.25) is 0 Å². The Balaban J connectivity index is 1.30. The van der Waals surface area contributed by atoms with Gasteiger partial charge in [0.1, 0.15) is 12.7 Å². The summed E-state index contributed by atoms with van der Waals surface area (Å²) in [4.78, 5) is 12.7. The molecule has 2 heterocycles. The van der Waals surface area contributed by atoms with Crippen LogP contribution in [0.2, 0.25) is 0 Å². The van der Waals surface area contributed by atoms with Gasteiger partial charge in [-0.25, -0.2) is 4.79 Å². The smallest absolute Gasteiger partial charge is 0.331 e. The summed E-state index contributed by atoms with van der Waals surface area (Å²) in [6.45, 7) is 8.12. The highest BCUT2D eigenvalue weighted by Crippen LogP contribution is 2.59. The van der Waals surface area contributed by atoms with Gasteiger partial charge in [-0.1, -0.05) is 17.7 Å². The molecule has 2 aliphatic heterocycles. The summed E-state index contributed by atoms with van der Waals surface area (Å²) in [6.07, 6.45) is 8.78. The number of hydrogen-bond donors (Lipinski definition) is 1. The molecule has 1 saturated carbocycles. The summed E-state index contributed by atoms with van der Waals surface area (Å²) in [6, 6.07) is 5.44. The zero-order valence-electron chi connectivity index (χ0n) is 22.4. The number of rotatable bonds is 13. The van der Waals surface area contributed by atoms with Crippen molar-refractivity contribution in [3.8, 4) is 11.5 Å². The number of methoxy groups -OCH3 is 1. The Labute approximate surface area is 219 Å². The first kappa shape index (κ1) is 27.6. The fourth-order valence-electron chi connectivity index (χ4n) is 5.33. The summed E-state index contributed by atoms with van der Waals surface area (Å²) in [7, 11) is 1.57. The molecule has 37 heavy (non-hydrogen) atoms. The lowest BCUT2D eigenvalue weighted by Crippen LogP contribution is -2.44. The third kappa shape index (κ3) is 6.93. The second-order valence-electron chi connectivity index (χ2n) is 10.5. The zero-order chi connectivity index (χ0) is 26.5. The Hall–Kier alpha value is -2.39. The second kappa shape index (κ2) is 12.0. The van der Waals surface area contributed by atoms with Crippen LogP contribution in [-0.4, -0.2) is 74.6 Å². The molecule has 1 aromatic rings. The van der Waals surface area contributed by atoms with Crippen LogP contribution < -0.4 is 9.47 Å². The van der Waals surface area contributed by atoms with Crippen LogP contribution in [0.1, 0.15) is 52.0 Å². The first-order chi connectivity index (χ1) is 17.8. The summed E-state index contributed by atoms with van der Waals surface area (Å²) in [5.74, 6) is 0.998. The maximum atomic E-state index is 12.7. The highest BCUT2D eigenvalue weighted by molar-refractivity contribution is 5.87. The van der Waals surface area contributed by atoms with Crippen molar-refractivity contribution < 1.29 is 38.3 Å². The van der Waals surface area contributed by atoms with E-state index in [1.54, 1.807) is 25.3 Å². The molecule has 1 aromatic carbocycles. The molecule has 3 fully saturated rings. The number of benzene rings is 1. The van der Waals surface area contributed by atoms with Gasteiger partial charge in [-0.3, -0.25) is 0 Å². The number of carbonyl (C=O) groups excluding carboxylic acids is 1. The van der Waals surface area contributed by atoms with Crippen molar-refractivity contribution in [3.05, 3.63) is 41.5 Å². The molecule has 2 saturated heterocycles. The molecule has 8 heteroatoms. The molecule has 3 aliphatic rings. The SMILES string of the molecule is COc1cc(/C=C/C(=O)O[C@@H]2CC[C@]3(CO3)[C@@H]([C@@]3(C)O[C@@H]3CC=C(C)C)C2)ccc1OCCOCCO. The van der Waals surface area contributed by atoms with E-state index in [-0.39, 0.29) is 48.5 Å². The van der Waals surface area contributed by atoms with Gasteiger partial charge in [0.25, 0.3) is 0 Å². The number of aliphatic hydroxyl groups excluding tert-OH is 1. The number of epoxide rings is 2. The van der Waals surface area contributed by atoms with Crippen LogP contribution in [0.25, 0.3) is 6.08 Å². The molecule has 204 valence electrons. The average Bonchev–Trinajstić information content (AvgIpc) is 3.80. The molecule has 8 nitrogen and oxygen atoms in total. The first-order valence-corrected chi connectivity index (χ1v) is 13.1. The van der Waals surface area contributed by atoms with Crippen LogP contribution in [0.5, 0.6) is 11.5 Å². The van der Waals surface area contributed by atoms with E-state index in [0.717, 1.165) is 37.9 Å². The van der Waals surface area contributed by atoms with Crippen molar-refractivity contribution in [2.75, 3.05) is 40.1 Å². The van der Waals surface area contributed by atoms with Crippen molar-refractivity contribution in [2.45, 2.75) is 69.9 Å². The molecule has 0 radical (unpaired) electrons. The standard InChI is InChI=1S/C29H40O8/c1-20(2)5-9-26-28(3,37-26)25-18-22(11-12-29(25)19-35-29)36-27(31)10-7-21-6-8-23(24(17-21)32-4)34-16-15-33-14-13-30/h5-8,10,17,22,25-26,30H,9,11-16,18-19H2,1-4H3/b10-7+/t22-,25-,26-,28-,29+/m1/s1. The summed E-state index contributed by atoms with van der Waals surface area (Å²) < 4.78 is 34.3. The van der Waals surface area contributed by atoms with Gasteiger partial charge >= 0.3 is 5.97 Å². The Morgan fingerprint density at radius 3 is 2.73 bits per heavy atom. The van der Waals surface area contributed by atoms with Crippen molar-refractivity contribution in [3.63, 3.8) is 0 Å². The van der Waals surface area contributed by atoms with E-state index in [2.05, 4.69) is 26.8 Å². The summed E-state index contributed by atoms with van der Waals surface area (Å²) >= 11 is 0. The molecule has 1 spiro atoms. The van der Waals surface area contributed by atoms with Gasteiger partial charge in [-0.15, -0.1) is 0 Å². The van der Waals surface area contributed by atoms with E-state index >= 15 is 0 Å². The normalized spacial score (nSPS) is 30.2. The molecule has 0 amide bonds. The second-order valence-corrected chi connectivity index (χ2v) is 10.5. The minimum atomic E-state index is -0.361. The number of aliphatic hydroxyl groups is 1. The molecule has 0 aromatic heterocycles. The molecular formula is C29H40O8. The van der Waals surface area contributed by atoms with E-state index in [4.69, 9.17) is 33.5 Å². The molecule has 0 bridgehead atoms. The van der Waals surface area contributed by atoms with Crippen LogP contribution in [0.4, 0.5) is 0 Å². The van der Waals surface area contributed by atoms with Gasteiger partial charge in [0.15, 0.2) is 11.5 Å². The lowest BCUT2D eigenvalue weighted by Gasteiger charge is -2.36. The monoisotopic (exact) mass is 516 g/mol. The van der Waals surface area contributed by atoms with Gasteiger partial charge < -0.3 is 33.5 Å². The third-order valence-corrected chi connectivity index (χ3v) is 7.55. The lowest BCUT2D eigenvalue weighted by atomic mass is 9.70. The maximum Gasteiger partial charge on any atom is 0.331 e. The number of carbonyl (C=O) groups is 1. The van der Waals surface area contributed by atoms with Crippen LogP contribution in [0, 0.1) is 5.92 Å². The Morgan fingerprint density at radius 1 is 1.22 bits per heavy atom. The quantitative estimate of drug-likeness (QED) is 0.138. The van der Waals surface area contributed by atoms with Gasteiger partial charge in [-0.05, 0) is 70.2 Å². The topological polar surface area (TPSA) is 99.3 Å². The minimum Gasteiger partial charge on any atom is -0.493 e. The molecule has 5 atom stereocenters. The molecular weight excluding hydrogens is 476 g/mol. The Bertz CT molecular complexity index is 994. The fourth-order valence-corrected chi connectivity index (χ4v) is 5.33. The van der Waals surface area contributed by atoms with Crippen LogP contribution in [-0.2, 0) is 23.7 Å². The summed E-state index contributed by atoms with van der Waals surface area (Å²) in [5.41, 5.74) is 1.75. The van der Waals surface area contributed by atoms with E-state index in [9.17, 15) is 4.79 Å². The predicted octanol–water partition coefficient (Wildman–Crippen LogP) is 4.09. The Kier molecular flexibility index (Phi) is 8.95. The highest BCUT2D eigenvalue weighted by atomic mass is 16.6. The maximum absolute atomic E-state index is 12.7. The predicted molar refractivity (Wildman–Crippen MR) is 139 cm³/mol. The Morgan fingerprint density at radius 2 is 2.03 bits per heavy atom. The average molecular weight is 517 g/mol. The summed E-state index contributed by atoms with van der Waals surface area (Å²) in [5, 5.41) is 8.75. The first-order valence-electron chi connectivity index (χ1n) is 13.1. The van der Waals surface area contributed by atoms with E-state index in [0.29, 0.717) is 24.7 Å². The molecule has 1 aliphatic carbocycles.